The summed E-state index contributed by atoms with van der Waals surface area (Å²) in [4.78, 5) is 1.84. The van der Waals surface area contributed by atoms with Crippen molar-refractivity contribution in [2.75, 3.05) is 6.61 Å². The van der Waals surface area contributed by atoms with Gasteiger partial charge in [0.25, 0.3) is 0 Å². The van der Waals surface area contributed by atoms with Crippen LogP contribution in [0, 0.1) is 11.3 Å². The number of hydrogen-bond donors (Lipinski definition) is 1. The summed E-state index contributed by atoms with van der Waals surface area (Å²) in [6.07, 6.45) is 0.307. The van der Waals surface area contributed by atoms with Gasteiger partial charge in [0.15, 0.2) is 0 Å². The molecule has 0 aromatic rings. The predicted molar refractivity (Wildman–Crippen MR) is 56.3 cm³/mol. The SMILES string of the molecule is CC(C)N(B(O)OCCC#N)C(C)C. The van der Waals surface area contributed by atoms with E-state index in [1.165, 1.54) is 0 Å². The van der Waals surface area contributed by atoms with E-state index in [2.05, 4.69) is 0 Å². The van der Waals surface area contributed by atoms with Gasteiger partial charge in [-0.05, 0) is 12.1 Å². The van der Waals surface area contributed by atoms with Crippen LogP contribution in [0.2, 0.25) is 0 Å². The van der Waals surface area contributed by atoms with E-state index in [0.717, 1.165) is 0 Å². The van der Waals surface area contributed by atoms with Gasteiger partial charge in [0.1, 0.15) is 0 Å². The summed E-state index contributed by atoms with van der Waals surface area (Å²) in [5, 5.41) is 18.0. The fourth-order valence-electron chi connectivity index (χ4n) is 1.40. The lowest BCUT2D eigenvalue weighted by molar-refractivity contribution is 0.157. The van der Waals surface area contributed by atoms with E-state index in [9.17, 15) is 5.02 Å². The number of nitrogens with zero attached hydrogens (tertiary/aromatic N) is 2. The molecule has 0 aliphatic rings. The maximum atomic E-state index is 9.67. The smallest absolute Gasteiger partial charge is 0.413 e. The van der Waals surface area contributed by atoms with Gasteiger partial charge < -0.3 is 9.68 Å². The van der Waals surface area contributed by atoms with Gasteiger partial charge in [0.2, 0.25) is 0 Å². The summed E-state index contributed by atoms with van der Waals surface area (Å²) in [7, 11) is -0.914. The highest BCUT2D eigenvalue weighted by atomic mass is 16.5. The lowest BCUT2D eigenvalue weighted by Gasteiger charge is -2.31. The molecule has 14 heavy (non-hydrogen) atoms. The van der Waals surface area contributed by atoms with Crippen LogP contribution in [0.4, 0.5) is 0 Å². The molecule has 0 heterocycles. The van der Waals surface area contributed by atoms with Crippen molar-refractivity contribution in [2.24, 2.45) is 0 Å². The molecule has 0 rings (SSSR count). The van der Waals surface area contributed by atoms with Gasteiger partial charge in [-0.15, -0.1) is 0 Å². The lowest BCUT2D eigenvalue weighted by Crippen LogP contribution is -2.50. The molecule has 1 N–H and O–H groups in total. The fourth-order valence-corrected chi connectivity index (χ4v) is 1.40. The summed E-state index contributed by atoms with van der Waals surface area (Å²) in [5.74, 6) is 0. The minimum Gasteiger partial charge on any atom is -0.413 e. The summed E-state index contributed by atoms with van der Waals surface area (Å²) in [6.45, 7) is 8.26. The zero-order valence-electron chi connectivity index (χ0n) is 9.40. The summed E-state index contributed by atoms with van der Waals surface area (Å²) in [5.41, 5.74) is 0. The molecule has 0 unspecified atom stereocenters. The molecule has 0 aliphatic heterocycles. The fraction of sp³-hybridized carbons (Fsp3) is 0.889. The van der Waals surface area contributed by atoms with Crippen LogP contribution in [0.25, 0.3) is 0 Å². The Bertz CT molecular complexity index is 184. The summed E-state index contributed by atoms with van der Waals surface area (Å²) >= 11 is 0. The normalized spacial score (nSPS) is 11.1. The van der Waals surface area contributed by atoms with E-state index >= 15 is 0 Å². The monoisotopic (exact) mass is 198 g/mol. The molecule has 0 saturated carbocycles. The van der Waals surface area contributed by atoms with Gasteiger partial charge in [-0.3, -0.25) is 4.81 Å². The van der Waals surface area contributed by atoms with Crippen molar-refractivity contribution in [3.63, 3.8) is 0 Å². The molecular weight excluding hydrogens is 179 g/mol. The van der Waals surface area contributed by atoms with E-state index in [4.69, 9.17) is 9.92 Å². The van der Waals surface area contributed by atoms with E-state index in [-0.39, 0.29) is 18.7 Å². The predicted octanol–water partition coefficient (Wildman–Crippen LogP) is 1.01. The first-order valence-electron chi connectivity index (χ1n) is 4.94. The second-order valence-electron chi connectivity index (χ2n) is 3.74. The number of hydrogen-bond acceptors (Lipinski definition) is 4. The number of nitriles is 1. The first-order chi connectivity index (χ1) is 6.50. The standard InChI is InChI=1S/C9H19BN2O2/c1-8(2)12(9(3)4)10(13)14-7-5-6-11/h8-9,13H,5,7H2,1-4H3. The largest absolute Gasteiger partial charge is 0.555 e. The molecule has 0 saturated heterocycles. The van der Waals surface area contributed by atoms with Crippen LogP contribution < -0.4 is 0 Å². The third-order valence-electron chi connectivity index (χ3n) is 1.93. The molecule has 0 aliphatic carbocycles. The molecular formula is C9H19BN2O2. The maximum Gasteiger partial charge on any atom is 0.555 e. The van der Waals surface area contributed by atoms with Crippen LogP contribution in [-0.4, -0.2) is 35.8 Å². The lowest BCUT2D eigenvalue weighted by atomic mass is 9.98. The molecule has 0 atom stereocenters. The minimum absolute atomic E-state index is 0.215. The zero-order valence-corrected chi connectivity index (χ0v) is 9.40. The average molecular weight is 198 g/mol. The van der Waals surface area contributed by atoms with E-state index in [1.807, 2.05) is 38.6 Å². The van der Waals surface area contributed by atoms with Crippen molar-refractivity contribution in [2.45, 2.75) is 46.2 Å². The molecule has 0 amide bonds. The molecule has 0 radical (unpaired) electrons. The highest BCUT2D eigenvalue weighted by molar-refractivity contribution is 6.39. The number of rotatable bonds is 6. The minimum atomic E-state index is -0.914. The second-order valence-corrected chi connectivity index (χ2v) is 3.74. The first kappa shape index (κ1) is 13.4. The van der Waals surface area contributed by atoms with Crippen molar-refractivity contribution in [1.82, 2.24) is 4.81 Å². The van der Waals surface area contributed by atoms with E-state index in [0.29, 0.717) is 6.42 Å². The molecule has 0 bridgehead atoms. The van der Waals surface area contributed by atoms with Crippen LogP contribution in [0.15, 0.2) is 0 Å². The van der Waals surface area contributed by atoms with Crippen molar-refractivity contribution in [3.05, 3.63) is 0 Å². The van der Waals surface area contributed by atoms with Gasteiger partial charge in [-0.1, -0.05) is 27.7 Å². The highest BCUT2D eigenvalue weighted by Crippen LogP contribution is 2.07. The average Bonchev–Trinajstić information content (AvgIpc) is 2.03. The Hall–Kier alpha value is -0.565. The van der Waals surface area contributed by atoms with Crippen LogP contribution >= 0.6 is 0 Å². The Labute approximate surface area is 86.6 Å². The molecule has 80 valence electrons. The molecule has 0 aromatic carbocycles. The zero-order chi connectivity index (χ0) is 11.1. The van der Waals surface area contributed by atoms with Crippen molar-refractivity contribution in [3.8, 4) is 6.07 Å². The summed E-state index contributed by atoms with van der Waals surface area (Å²) in [6, 6.07) is 2.40. The van der Waals surface area contributed by atoms with Gasteiger partial charge in [0.05, 0.1) is 12.5 Å². The quantitative estimate of drug-likeness (QED) is 0.511. The van der Waals surface area contributed by atoms with Crippen LogP contribution in [0.5, 0.6) is 0 Å². The van der Waals surface area contributed by atoms with Crippen molar-refractivity contribution >= 4 is 7.25 Å². The first-order valence-corrected chi connectivity index (χ1v) is 4.94. The molecule has 4 nitrogen and oxygen atoms in total. The van der Waals surface area contributed by atoms with E-state index < -0.39 is 7.25 Å². The van der Waals surface area contributed by atoms with Crippen molar-refractivity contribution < 1.29 is 9.68 Å². The Morgan fingerprint density at radius 3 is 2.21 bits per heavy atom. The van der Waals surface area contributed by atoms with Gasteiger partial charge in [0, 0.05) is 6.61 Å². The second kappa shape index (κ2) is 6.82. The van der Waals surface area contributed by atoms with Crippen LogP contribution in [0.3, 0.4) is 0 Å². The Kier molecular flexibility index (Phi) is 6.55. The molecule has 0 spiro atoms. The van der Waals surface area contributed by atoms with Crippen LogP contribution in [-0.2, 0) is 4.65 Å². The topological polar surface area (TPSA) is 56.5 Å². The molecule has 0 aromatic heterocycles. The maximum absolute atomic E-state index is 9.67. The van der Waals surface area contributed by atoms with Crippen LogP contribution in [0.1, 0.15) is 34.1 Å². The Morgan fingerprint density at radius 2 is 1.86 bits per heavy atom. The van der Waals surface area contributed by atoms with Gasteiger partial charge in [-0.25, -0.2) is 0 Å². The Balaban J connectivity index is 4.03. The Morgan fingerprint density at radius 1 is 1.36 bits per heavy atom. The van der Waals surface area contributed by atoms with Gasteiger partial charge >= 0.3 is 7.25 Å². The highest BCUT2D eigenvalue weighted by Gasteiger charge is 2.28. The van der Waals surface area contributed by atoms with Crippen molar-refractivity contribution in [1.29, 1.82) is 5.26 Å². The third kappa shape index (κ3) is 4.61. The summed E-state index contributed by atoms with van der Waals surface area (Å²) < 4.78 is 5.13. The molecule has 0 fully saturated rings. The van der Waals surface area contributed by atoms with E-state index in [1.54, 1.807) is 0 Å². The van der Waals surface area contributed by atoms with Gasteiger partial charge in [-0.2, -0.15) is 5.26 Å². The third-order valence-corrected chi connectivity index (χ3v) is 1.93. The molecule has 5 heteroatoms.